The van der Waals surface area contributed by atoms with Crippen molar-refractivity contribution in [1.29, 1.82) is 0 Å². The molecule has 1 aliphatic carbocycles. The zero-order valence-corrected chi connectivity index (χ0v) is 10.7. The Hall–Kier alpha value is -0.610. The summed E-state index contributed by atoms with van der Waals surface area (Å²) in [4.78, 5) is 4.79. The number of hydrogen-bond acceptors (Lipinski definition) is 3. The second kappa shape index (κ2) is 6.97. The predicted octanol–water partition coefficient (Wildman–Crippen LogP) is 2.14. The van der Waals surface area contributed by atoms with Crippen LogP contribution in [0, 0.1) is 0 Å². The molecule has 0 radical (unpaired) electrons. The highest BCUT2D eigenvalue weighted by Gasteiger charge is 2.21. The first-order valence-corrected chi connectivity index (χ1v) is 7.06. The fraction of sp³-hybridized carbons (Fsp3) is 0.923. The average Bonchev–Trinajstić information content (AvgIpc) is 2.65. The number of nitrogens with two attached hydrogens (primary N) is 1. The van der Waals surface area contributed by atoms with Gasteiger partial charge in [-0.3, -0.25) is 4.99 Å². The lowest BCUT2D eigenvalue weighted by Gasteiger charge is -2.25. The number of hydrazine groups is 1. The molecular formula is C13H25N3O. The molecule has 1 unspecified atom stereocenters. The van der Waals surface area contributed by atoms with E-state index in [-0.39, 0.29) is 6.10 Å². The number of aliphatic imine (C=N–C) groups is 1. The van der Waals surface area contributed by atoms with Crippen molar-refractivity contribution in [2.75, 3.05) is 6.61 Å². The van der Waals surface area contributed by atoms with Gasteiger partial charge in [0.2, 0.25) is 0 Å². The Morgan fingerprint density at radius 2 is 1.71 bits per heavy atom. The summed E-state index contributed by atoms with van der Waals surface area (Å²) in [5.41, 5.74) is 2.76. The second-order valence-corrected chi connectivity index (χ2v) is 5.16. The van der Waals surface area contributed by atoms with Gasteiger partial charge in [-0.15, -0.1) is 0 Å². The van der Waals surface area contributed by atoms with Crippen molar-refractivity contribution in [1.82, 2.24) is 5.43 Å². The smallest absolute Gasteiger partial charge is 0.140 e. The van der Waals surface area contributed by atoms with Crippen molar-refractivity contribution in [3.8, 4) is 0 Å². The van der Waals surface area contributed by atoms with Gasteiger partial charge in [0.25, 0.3) is 0 Å². The molecule has 3 N–H and O–H groups in total. The number of hydrogen-bond donors (Lipinski definition) is 2. The third-order valence-electron chi connectivity index (χ3n) is 3.78. The minimum atomic E-state index is 0.108. The fourth-order valence-electron chi connectivity index (χ4n) is 2.75. The monoisotopic (exact) mass is 239 g/mol. The predicted molar refractivity (Wildman–Crippen MR) is 69.8 cm³/mol. The van der Waals surface area contributed by atoms with E-state index in [1.807, 2.05) is 0 Å². The van der Waals surface area contributed by atoms with Crippen LogP contribution in [0.25, 0.3) is 0 Å². The van der Waals surface area contributed by atoms with Crippen molar-refractivity contribution >= 4 is 5.84 Å². The van der Waals surface area contributed by atoms with Crippen LogP contribution in [0.4, 0.5) is 0 Å². The molecule has 1 saturated heterocycles. The molecule has 0 spiro atoms. The van der Waals surface area contributed by atoms with Crippen LogP contribution in [0.2, 0.25) is 0 Å². The summed E-state index contributed by atoms with van der Waals surface area (Å²) in [6.07, 6.45) is 11.3. The number of amidine groups is 1. The maximum Gasteiger partial charge on any atom is 0.140 e. The van der Waals surface area contributed by atoms with Gasteiger partial charge in [-0.1, -0.05) is 25.7 Å². The molecule has 0 aromatic rings. The molecule has 1 aliphatic heterocycles. The van der Waals surface area contributed by atoms with Gasteiger partial charge >= 0.3 is 0 Å². The van der Waals surface area contributed by atoms with Gasteiger partial charge < -0.3 is 10.2 Å². The van der Waals surface area contributed by atoms with Gasteiger partial charge in [0, 0.05) is 6.61 Å². The van der Waals surface area contributed by atoms with E-state index >= 15 is 0 Å². The summed E-state index contributed by atoms with van der Waals surface area (Å²) in [5, 5.41) is 0. The van der Waals surface area contributed by atoms with Gasteiger partial charge in [0.15, 0.2) is 0 Å². The first-order valence-electron chi connectivity index (χ1n) is 7.06. The first kappa shape index (κ1) is 12.8. The lowest BCUT2D eigenvalue weighted by atomic mass is 10.1. The van der Waals surface area contributed by atoms with E-state index in [1.54, 1.807) is 0 Å². The molecule has 0 bridgehead atoms. The Morgan fingerprint density at radius 1 is 1.00 bits per heavy atom. The van der Waals surface area contributed by atoms with E-state index in [2.05, 4.69) is 5.43 Å². The topological polar surface area (TPSA) is 59.6 Å². The summed E-state index contributed by atoms with van der Waals surface area (Å²) < 4.78 is 5.73. The van der Waals surface area contributed by atoms with Crippen LogP contribution in [0.1, 0.15) is 57.8 Å². The zero-order valence-electron chi connectivity index (χ0n) is 10.7. The summed E-state index contributed by atoms with van der Waals surface area (Å²) in [6.45, 7) is 0.843. The van der Waals surface area contributed by atoms with Crippen LogP contribution in [0.3, 0.4) is 0 Å². The van der Waals surface area contributed by atoms with Crippen LogP contribution < -0.4 is 11.3 Å². The Labute approximate surface area is 104 Å². The minimum absolute atomic E-state index is 0.108. The van der Waals surface area contributed by atoms with E-state index in [9.17, 15) is 0 Å². The van der Waals surface area contributed by atoms with Gasteiger partial charge in [-0.05, 0) is 32.1 Å². The molecule has 2 rings (SSSR count). The molecule has 17 heavy (non-hydrogen) atoms. The van der Waals surface area contributed by atoms with Crippen molar-refractivity contribution in [2.45, 2.75) is 69.9 Å². The molecule has 98 valence electrons. The molecule has 2 aliphatic rings. The molecule has 0 aromatic heterocycles. The first-order chi connectivity index (χ1) is 8.40. The zero-order chi connectivity index (χ0) is 11.9. The van der Waals surface area contributed by atoms with Crippen LogP contribution in [-0.4, -0.2) is 24.6 Å². The highest BCUT2D eigenvalue weighted by Crippen LogP contribution is 2.21. The standard InChI is InChI=1S/C13H25N3O/c14-16-13(12-9-5-6-10-17-12)15-11-7-3-1-2-4-8-11/h11-12H,1-10,14H2,(H,15,16). The summed E-state index contributed by atoms with van der Waals surface area (Å²) >= 11 is 0. The average molecular weight is 239 g/mol. The molecular weight excluding hydrogens is 214 g/mol. The van der Waals surface area contributed by atoms with Crippen molar-refractivity contribution in [3.63, 3.8) is 0 Å². The highest BCUT2D eigenvalue weighted by atomic mass is 16.5. The number of nitrogens with one attached hydrogen (secondary N) is 1. The van der Waals surface area contributed by atoms with E-state index in [0.717, 1.165) is 25.3 Å². The number of ether oxygens (including phenoxy) is 1. The van der Waals surface area contributed by atoms with Crippen LogP contribution in [0.5, 0.6) is 0 Å². The Balaban J connectivity index is 1.94. The van der Waals surface area contributed by atoms with E-state index < -0.39 is 0 Å². The third kappa shape index (κ3) is 3.96. The normalized spacial score (nSPS) is 28.8. The molecule has 1 heterocycles. The van der Waals surface area contributed by atoms with Gasteiger partial charge in [0.05, 0.1) is 6.04 Å². The number of rotatable bonds is 2. The molecule has 4 nitrogen and oxygen atoms in total. The maximum absolute atomic E-state index is 5.73. The van der Waals surface area contributed by atoms with Gasteiger partial charge in [-0.25, -0.2) is 5.84 Å². The van der Waals surface area contributed by atoms with Crippen molar-refractivity contribution < 1.29 is 4.74 Å². The second-order valence-electron chi connectivity index (χ2n) is 5.16. The van der Waals surface area contributed by atoms with Crippen LogP contribution >= 0.6 is 0 Å². The number of nitrogens with zero attached hydrogens (tertiary/aromatic N) is 1. The van der Waals surface area contributed by atoms with Gasteiger partial charge in [0.1, 0.15) is 11.9 Å². The van der Waals surface area contributed by atoms with E-state index in [4.69, 9.17) is 15.6 Å². The Bertz CT molecular complexity index is 241. The molecule has 1 saturated carbocycles. The van der Waals surface area contributed by atoms with Crippen LogP contribution in [0.15, 0.2) is 4.99 Å². The van der Waals surface area contributed by atoms with Crippen LogP contribution in [-0.2, 0) is 4.74 Å². The summed E-state index contributed by atoms with van der Waals surface area (Å²) in [6, 6.07) is 0.453. The highest BCUT2D eigenvalue weighted by molar-refractivity contribution is 5.86. The third-order valence-corrected chi connectivity index (χ3v) is 3.78. The molecule has 2 fully saturated rings. The van der Waals surface area contributed by atoms with E-state index in [0.29, 0.717) is 6.04 Å². The molecule has 1 atom stereocenters. The lowest BCUT2D eigenvalue weighted by molar-refractivity contribution is 0.0561. The Morgan fingerprint density at radius 3 is 2.29 bits per heavy atom. The minimum Gasteiger partial charge on any atom is -0.370 e. The lowest BCUT2D eigenvalue weighted by Crippen LogP contribution is -2.43. The molecule has 0 aromatic carbocycles. The fourth-order valence-corrected chi connectivity index (χ4v) is 2.75. The Kier molecular flexibility index (Phi) is 5.26. The van der Waals surface area contributed by atoms with E-state index in [1.165, 1.54) is 44.9 Å². The summed E-state index contributed by atoms with van der Waals surface area (Å²) in [5.74, 6) is 6.47. The molecule has 0 amide bonds. The van der Waals surface area contributed by atoms with Crippen molar-refractivity contribution in [3.05, 3.63) is 0 Å². The summed E-state index contributed by atoms with van der Waals surface area (Å²) in [7, 11) is 0. The maximum atomic E-state index is 5.73. The quantitative estimate of drug-likeness (QED) is 0.255. The van der Waals surface area contributed by atoms with Crippen molar-refractivity contribution in [2.24, 2.45) is 10.8 Å². The molecule has 4 heteroatoms. The van der Waals surface area contributed by atoms with Gasteiger partial charge in [-0.2, -0.15) is 0 Å². The largest absolute Gasteiger partial charge is 0.370 e. The SMILES string of the molecule is NNC(=NC1CCCCCC1)C1CCCCO1.